The van der Waals surface area contributed by atoms with Gasteiger partial charge in [0.05, 0.1) is 0 Å². The number of fused-ring (bicyclic) bond motifs is 1. The summed E-state index contributed by atoms with van der Waals surface area (Å²) in [6.45, 7) is 19.3. The topological polar surface area (TPSA) is 0 Å². The molecule has 0 aromatic heterocycles. The summed E-state index contributed by atoms with van der Waals surface area (Å²) in [6, 6.07) is 16.2. The van der Waals surface area contributed by atoms with E-state index in [-0.39, 0.29) is 30.2 Å². The molecule has 0 saturated heterocycles. The first-order valence-electron chi connectivity index (χ1n) is 11.2. The average molecular weight is 563 g/mol. The van der Waals surface area contributed by atoms with E-state index in [1.807, 2.05) is 3.28 Å². The molecule has 0 radical (unpaired) electrons. The molecular weight excluding hydrogens is 527 g/mol. The van der Waals surface area contributed by atoms with Crippen molar-refractivity contribution in [3.05, 3.63) is 96.4 Å². The van der Waals surface area contributed by atoms with Gasteiger partial charge in [0, 0.05) is 0 Å². The molecule has 0 N–H and O–H groups in total. The smallest absolute Gasteiger partial charge is 0.147 e. The van der Waals surface area contributed by atoms with Crippen molar-refractivity contribution in [3.8, 4) is 0 Å². The maximum Gasteiger partial charge on any atom is -0.147 e. The third kappa shape index (κ3) is 4.63. The molecule has 2 aliphatic rings. The van der Waals surface area contributed by atoms with Gasteiger partial charge in [0.15, 0.2) is 0 Å². The van der Waals surface area contributed by atoms with Crippen molar-refractivity contribution in [3.63, 3.8) is 0 Å². The minimum Gasteiger partial charge on any atom is -0.147 e. The first kappa shape index (κ1) is 27.6. The third-order valence-corrected chi connectivity index (χ3v) is 26.0. The Balaban J connectivity index is 0.00000181. The molecule has 2 aliphatic carbocycles. The van der Waals surface area contributed by atoms with Gasteiger partial charge in [-0.15, -0.1) is 24.8 Å². The van der Waals surface area contributed by atoms with E-state index in [4.69, 9.17) is 0 Å². The molecule has 0 amide bonds. The average Bonchev–Trinajstić information content (AvgIpc) is 3.17. The standard InChI is InChI=1S/C17H15.C9H13.C2H6Si.2ClH.Zr/c1-12-7-8-13(2)17(11-12)16-10-9-14-5-3-4-6-15(14)16;1-6-5-7(2)9(4)8(6)3;1-3-2;;;/h3-11H,1-2H3;6H,1-4H3;1-2H3;2*1H;. The van der Waals surface area contributed by atoms with Crippen LogP contribution in [0.2, 0.25) is 13.1 Å². The van der Waals surface area contributed by atoms with Crippen LogP contribution in [0, 0.1) is 19.8 Å². The Morgan fingerprint density at radius 2 is 1.47 bits per heavy atom. The van der Waals surface area contributed by atoms with E-state index in [0.29, 0.717) is 9.54 Å². The van der Waals surface area contributed by atoms with Gasteiger partial charge in [-0.25, -0.2) is 0 Å². The fourth-order valence-corrected chi connectivity index (χ4v) is 25.1. The summed E-state index contributed by atoms with van der Waals surface area (Å²) in [5, 5.41) is 0. The minimum absolute atomic E-state index is 0. The van der Waals surface area contributed by atoms with Crippen LogP contribution in [0.15, 0.2) is 68.5 Å². The molecule has 2 aromatic rings. The molecular formula is C28H36Cl2SiZr. The zero-order valence-corrected chi connectivity index (χ0v) is 25.7. The van der Waals surface area contributed by atoms with Crippen LogP contribution in [-0.2, 0) is 20.4 Å². The molecule has 0 bridgehead atoms. The summed E-state index contributed by atoms with van der Waals surface area (Å²) < 4.78 is 2.58. The first-order valence-corrected chi connectivity index (χ1v) is 20.0. The van der Waals surface area contributed by atoms with E-state index in [0.717, 1.165) is 0 Å². The fourth-order valence-electron chi connectivity index (χ4n) is 5.41. The SMILES string of the molecule is CC1=C(C)C(C)[C]([Zr]([CH]2C=C(c3cc(C)ccc3C)c3ccccc32)=[Si](C)C)=C1C.Cl.Cl. The molecule has 0 aliphatic heterocycles. The fraction of sp³-hybridized carbons (Fsp3) is 0.357. The maximum atomic E-state index is 2.70. The Kier molecular flexibility index (Phi) is 9.25. The number of hydrogen-bond acceptors (Lipinski definition) is 0. The third-order valence-electron chi connectivity index (χ3n) is 7.38. The largest absolute Gasteiger partial charge is 0.147 e. The number of hydrogen-bond donors (Lipinski definition) is 0. The second-order valence-electron chi connectivity index (χ2n) is 9.45. The van der Waals surface area contributed by atoms with Crippen LogP contribution < -0.4 is 0 Å². The van der Waals surface area contributed by atoms with E-state index < -0.39 is 20.4 Å². The molecule has 2 atom stereocenters. The Hall–Kier alpha value is -0.660. The second kappa shape index (κ2) is 10.7. The Labute approximate surface area is 215 Å². The van der Waals surface area contributed by atoms with E-state index in [2.05, 4.69) is 103 Å². The summed E-state index contributed by atoms with van der Waals surface area (Å²) in [7, 11) is 0. The summed E-state index contributed by atoms with van der Waals surface area (Å²) in [5.74, 6) is 0.657. The molecule has 2 aromatic carbocycles. The summed E-state index contributed by atoms with van der Waals surface area (Å²) in [6.07, 6.45) is 2.70. The summed E-state index contributed by atoms with van der Waals surface area (Å²) >= 11 is -1.91. The van der Waals surface area contributed by atoms with Crippen molar-refractivity contribution in [2.75, 3.05) is 0 Å². The molecule has 4 rings (SSSR count). The zero-order chi connectivity index (χ0) is 21.7. The van der Waals surface area contributed by atoms with Gasteiger partial charge in [-0.2, -0.15) is 0 Å². The predicted molar refractivity (Wildman–Crippen MR) is 144 cm³/mol. The van der Waals surface area contributed by atoms with Crippen LogP contribution in [-0.4, -0.2) is 5.43 Å². The summed E-state index contributed by atoms with van der Waals surface area (Å²) in [5.41, 5.74) is 13.3. The molecule has 0 heterocycles. The second-order valence-corrected chi connectivity index (χ2v) is 26.9. The molecule has 4 heteroatoms. The number of allylic oxidation sites excluding steroid dienone is 5. The van der Waals surface area contributed by atoms with Crippen LogP contribution in [0.1, 0.15) is 59.1 Å². The predicted octanol–water partition coefficient (Wildman–Crippen LogP) is 8.76. The summed E-state index contributed by atoms with van der Waals surface area (Å²) in [4.78, 5) is 0. The normalized spacial score (nSPS) is 19.3. The van der Waals surface area contributed by atoms with E-state index in [1.165, 1.54) is 27.8 Å². The van der Waals surface area contributed by atoms with Crippen molar-refractivity contribution in [2.45, 2.75) is 58.3 Å². The van der Waals surface area contributed by atoms with Gasteiger partial charge in [0.2, 0.25) is 0 Å². The molecule has 2 unspecified atom stereocenters. The van der Waals surface area contributed by atoms with E-state index in [1.54, 1.807) is 22.3 Å². The van der Waals surface area contributed by atoms with Gasteiger partial charge in [-0.05, 0) is 0 Å². The molecule has 0 fully saturated rings. The van der Waals surface area contributed by atoms with E-state index >= 15 is 0 Å². The van der Waals surface area contributed by atoms with Crippen molar-refractivity contribution >= 4 is 35.8 Å². The Bertz CT molecular complexity index is 1180. The number of aryl methyl sites for hydroxylation is 2. The molecule has 0 saturated carbocycles. The van der Waals surface area contributed by atoms with Gasteiger partial charge < -0.3 is 0 Å². The molecule has 32 heavy (non-hydrogen) atoms. The van der Waals surface area contributed by atoms with Crippen molar-refractivity contribution < 1.29 is 20.4 Å². The Morgan fingerprint density at radius 3 is 2.06 bits per heavy atom. The quantitative estimate of drug-likeness (QED) is 0.328. The van der Waals surface area contributed by atoms with Gasteiger partial charge in [0.25, 0.3) is 0 Å². The Morgan fingerprint density at radius 1 is 0.812 bits per heavy atom. The van der Waals surface area contributed by atoms with Crippen LogP contribution in [0.5, 0.6) is 0 Å². The van der Waals surface area contributed by atoms with Crippen LogP contribution in [0.3, 0.4) is 0 Å². The van der Waals surface area contributed by atoms with Crippen molar-refractivity contribution in [2.24, 2.45) is 5.92 Å². The molecule has 170 valence electrons. The number of halogens is 2. The number of rotatable bonds is 3. The number of benzene rings is 2. The van der Waals surface area contributed by atoms with Gasteiger partial charge >= 0.3 is 192 Å². The van der Waals surface area contributed by atoms with Gasteiger partial charge in [-0.3, -0.25) is 0 Å². The van der Waals surface area contributed by atoms with Crippen molar-refractivity contribution in [1.82, 2.24) is 0 Å². The minimum atomic E-state index is -1.91. The zero-order valence-electron chi connectivity index (χ0n) is 20.6. The maximum absolute atomic E-state index is 2.70. The molecule has 0 spiro atoms. The monoisotopic (exact) mass is 560 g/mol. The van der Waals surface area contributed by atoms with Crippen LogP contribution >= 0.6 is 24.8 Å². The van der Waals surface area contributed by atoms with Crippen molar-refractivity contribution in [1.29, 1.82) is 0 Å². The van der Waals surface area contributed by atoms with Crippen LogP contribution in [0.4, 0.5) is 0 Å². The van der Waals surface area contributed by atoms with Gasteiger partial charge in [0.1, 0.15) is 0 Å². The van der Waals surface area contributed by atoms with Crippen LogP contribution in [0.25, 0.3) is 5.57 Å². The van der Waals surface area contributed by atoms with E-state index in [9.17, 15) is 0 Å². The van der Waals surface area contributed by atoms with Gasteiger partial charge in [-0.1, -0.05) is 0 Å². The molecule has 0 nitrogen and oxygen atoms in total. The first-order chi connectivity index (χ1) is 14.2.